The number of anilines is 3. The van der Waals surface area contributed by atoms with Crippen molar-refractivity contribution in [2.75, 3.05) is 44.3 Å². The molecule has 2 fully saturated rings. The molecule has 0 spiro atoms. The third-order valence-corrected chi connectivity index (χ3v) is 9.06. The predicted molar refractivity (Wildman–Crippen MR) is 162 cm³/mol. The van der Waals surface area contributed by atoms with E-state index in [4.69, 9.17) is 10.7 Å². The molecule has 1 saturated carbocycles. The van der Waals surface area contributed by atoms with Crippen LogP contribution in [-0.4, -0.2) is 73.6 Å². The summed E-state index contributed by atoms with van der Waals surface area (Å²) in [6.45, 7) is 6.42. The van der Waals surface area contributed by atoms with E-state index in [1.807, 2.05) is 12.1 Å². The molecule has 3 aromatic heterocycles. The zero-order valence-electron chi connectivity index (χ0n) is 23.6. The molecule has 0 amide bonds. The minimum atomic E-state index is -0.248. The van der Waals surface area contributed by atoms with Crippen LogP contribution in [0.25, 0.3) is 33.2 Å². The van der Waals surface area contributed by atoms with E-state index in [1.54, 1.807) is 19.3 Å². The molecule has 0 bridgehead atoms. The lowest BCUT2D eigenvalue weighted by molar-refractivity contribution is 0.0828. The van der Waals surface area contributed by atoms with E-state index >= 15 is 0 Å². The molecule has 0 unspecified atom stereocenters. The highest BCUT2D eigenvalue weighted by Crippen LogP contribution is 2.39. The lowest BCUT2D eigenvalue weighted by atomic mass is 9.89. The Kier molecular flexibility index (Phi) is 6.59. The Balaban J connectivity index is 1.12. The number of fused-ring (bicyclic) bond motifs is 2. The van der Waals surface area contributed by atoms with Gasteiger partial charge in [0.15, 0.2) is 0 Å². The molecule has 0 radical (unpaired) electrons. The van der Waals surface area contributed by atoms with E-state index in [1.165, 1.54) is 32.0 Å². The molecular weight excluding hydrogens is 517 g/mol. The SMILES string of the molecule is Cc1c(F)ccc2nc(Nc3ccc(-c4cn([C@H]5CC[C@H](N6CCN(C)CC6)CC5)c5ncnc(N)c45)cc3)[nH]c12. The Bertz CT molecular complexity index is 1690. The van der Waals surface area contributed by atoms with Gasteiger partial charge >= 0.3 is 0 Å². The minimum Gasteiger partial charge on any atom is -0.383 e. The molecule has 1 aliphatic carbocycles. The molecule has 4 heterocycles. The molecule has 0 atom stereocenters. The number of likely N-dealkylation sites (N-methyl/N-ethyl adjacent to an activating group) is 1. The zero-order valence-corrected chi connectivity index (χ0v) is 23.6. The zero-order chi connectivity index (χ0) is 28.1. The summed E-state index contributed by atoms with van der Waals surface area (Å²) in [5.74, 6) is 0.826. The van der Waals surface area contributed by atoms with Gasteiger partial charge < -0.3 is 25.5 Å². The molecule has 1 aliphatic heterocycles. The molecule has 9 nitrogen and oxygen atoms in total. The predicted octanol–water partition coefficient (Wildman–Crippen LogP) is 5.48. The van der Waals surface area contributed by atoms with Gasteiger partial charge in [0.2, 0.25) is 5.95 Å². The van der Waals surface area contributed by atoms with Crippen molar-refractivity contribution in [2.24, 2.45) is 0 Å². The number of aromatic nitrogens is 5. The van der Waals surface area contributed by atoms with Crippen molar-refractivity contribution in [1.29, 1.82) is 0 Å². The van der Waals surface area contributed by atoms with E-state index in [0.717, 1.165) is 59.3 Å². The Morgan fingerprint density at radius 2 is 1.68 bits per heavy atom. The largest absolute Gasteiger partial charge is 0.383 e. The number of piperazine rings is 1. The van der Waals surface area contributed by atoms with E-state index in [-0.39, 0.29) is 5.82 Å². The number of nitrogen functional groups attached to an aromatic ring is 1. The highest BCUT2D eigenvalue weighted by molar-refractivity contribution is 6.00. The van der Waals surface area contributed by atoms with Crippen LogP contribution < -0.4 is 11.1 Å². The monoisotopic (exact) mass is 553 g/mol. The van der Waals surface area contributed by atoms with Crippen LogP contribution in [0.4, 0.5) is 21.8 Å². The van der Waals surface area contributed by atoms with E-state index < -0.39 is 0 Å². The molecule has 4 N–H and O–H groups in total. The van der Waals surface area contributed by atoms with Crippen LogP contribution in [0.5, 0.6) is 0 Å². The minimum absolute atomic E-state index is 0.248. The molecule has 41 heavy (non-hydrogen) atoms. The average molecular weight is 554 g/mol. The number of halogens is 1. The van der Waals surface area contributed by atoms with E-state index in [0.29, 0.717) is 34.9 Å². The quantitative estimate of drug-likeness (QED) is 0.265. The van der Waals surface area contributed by atoms with Gasteiger partial charge in [-0.05, 0) is 69.5 Å². The maximum absolute atomic E-state index is 14.0. The van der Waals surface area contributed by atoms with Crippen molar-refractivity contribution in [3.05, 3.63) is 60.3 Å². The molecule has 212 valence electrons. The second-order valence-electron chi connectivity index (χ2n) is 11.6. The van der Waals surface area contributed by atoms with Gasteiger partial charge in [-0.1, -0.05) is 12.1 Å². The maximum atomic E-state index is 14.0. The van der Waals surface area contributed by atoms with Crippen LogP contribution in [-0.2, 0) is 0 Å². The van der Waals surface area contributed by atoms with E-state index in [2.05, 4.69) is 60.0 Å². The van der Waals surface area contributed by atoms with Crippen molar-refractivity contribution >= 4 is 39.5 Å². The molecule has 10 heteroatoms. The summed E-state index contributed by atoms with van der Waals surface area (Å²) < 4.78 is 16.3. The van der Waals surface area contributed by atoms with Crippen LogP contribution in [0.15, 0.2) is 48.9 Å². The third-order valence-electron chi connectivity index (χ3n) is 9.06. The van der Waals surface area contributed by atoms with Crippen LogP contribution in [0.3, 0.4) is 0 Å². The Hall–Kier alpha value is -4.02. The molecule has 5 aromatic rings. The number of hydrogen-bond donors (Lipinski definition) is 3. The first-order valence-corrected chi connectivity index (χ1v) is 14.5. The fourth-order valence-corrected chi connectivity index (χ4v) is 6.61. The smallest absolute Gasteiger partial charge is 0.205 e. The normalized spacial score (nSPS) is 20.7. The number of nitrogens with two attached hydrogens (primary N) is 1. The van der Waals surface area contributed by atoms with Gasteiger partial charge in [-0.15, -0.1) is 0 Å². The summed E-state index contributed by atoms with van der Waals surface area (Å²) >= 11 is 0. The molecule has 1 saturated heterocycles. The van der Waals surface area contributed by atoms with Gasteiger partial charge in [0.05, 0.1) is 16.4 Å². The highest BCUT2D eigenvalue weighted by Gasteiger charge is 2.30. The highest BCUT2D eigenvalue weighted by atomic mass is 19.1. The van der Waals surface area contributed by atoms with E-state index in [9.17, 15) is 4.39 Å². The summed E-state index contributed by atoms with van der Waals surface area (Å²) in [4.78, 5) is 21.9. The second-order valence-corrected chi connectivity index (χ2v) is 11.6. The summed E-state index contributed by atoms with van der Waals surface area (Å²) in [5, 5.41) is 4.21. The number of nitrogens with zero attached hydrogens (tertiary/aromatic N) is 6. The summed E-state index contributed by atoms with van der Waals surface area (Å²) in [7, 11) is 2.21. The van der Waals surface area contributed by atoms with Gasteiger partial charge in [0.25, 0.3) is 0 Å². The van der Waals surface area contributed by atoms with Gasteiger partial charge in [-0.3, -0.25) is 4.90 Å². The number of hydrogen-bond acceptors (Lipinski definition) is 7. The lowest BCUT2D eigenvalue weighted by Gasteiger charge is -2.41. The fourth-order valence-electron chi connectivity index (χ4n) is 6.61. The summed E-state index contributed by atoms with van der Waals surface area (Å²) in [5.41, 5.74) is 12.3. The fraction of sp³-hybridized carbons (Fsp3) is 0.387. The maximum Gasteiger partial charge on any atom is 0.205 e. The number of imidazole rings is 1. The molecule has 2 aliphatic rings. The summed E-state index contributed by atoms with van der Waals surface area (Å²) in [6.07, 6.45) is 8.47. The molecule has 2 aromatic carbocycles. The number of aromatic amines is 1. The Morgan fingerprint density at radius 3 is 2.44 bits per heavy atom. The van der Waals surface area contributed by atoms with Crippen molar-refractivity contribution in [1.82, 2.24) is 34.3 Å². The van der Waals surface area contributed by atoms with Gasteiger partial charge in [-0.25, -0.2) is 19.3 Å². The molecular formula is C31H36FN9. The first-order valence-electron chi connectivity index (χ1n) is 14.5. The van der Waals surface area contributed by atoms with Crippen molar-refractivity contribution < 1.29 is 4.39 Å². The van der Waals surface area contributed by atoms with Crippen molar-refractivity contribution in [3.63, 3.8) is 0 Å². The first-order chi connectivity index (χ1) is 19.9. The Morgan fingerprint density at radius 1 is 0.951 bits per heavy atom. The van der Waals surface area contributed by atoms with Crippen LogP contribution in [0, 0.1) is 12.7 Å². The number of benzene rings is 2. The number of rotatable bonds is 5. The standard InChI is InChI=1S/C31H36FN9/c1-19-25(32)11-12-26-28(19)38-31(37-26)36-21-5-3-20(4-6-21)24-17-41(30-27(24)29(33)34-18-35-30)23-9-7-22(8-10-23)40-15-13-39(2)14-16-40/h3-6,11-12,17-18,22-23H,7-10,13-16H2,1-2H3,(H2,33,34,35)(H2,36,37,38)/t22-,23-. The number of H-pyrrole nitrogens is 1. The van der Waals surface area contributed by atoms with Crippen molar-refractivity contribution in [3.8, 4) is 11.1 Å². The Labute approximate surface area is 238 Å². The van der Waals surface area contributed by atoms with Gasteiger partial charge in [-0.2, -0.15) is 0 Å². The van der Waals surface area contributed by atoms with Gasteiger partial charge in [0.1, 0.15) is 23.6 Å². The first kappa shape index (κ1) is 25.9. The number of nitrogens with one attached hydrogen (secondary N) is 2. The second kappa shape index (κ2) is 10.4. The number of aryl methyl sites for hydroxylation is 1. The van der Waals surface area contributed by atoms with Crippen LogP contribution in [0.2, 0.25) is 0 Å². The van der Waals surface area contributed by atoms with Gasteiger partial charge in [0, 0.05) is 61.3 Å². The average Bonchev–Trinajstić information content (AvgIpc) is 3.59. The lowest BCUT2D eigenvalue weighted by Crippen LogP contribution is -2.49. The van der Waals surface area contributed by atoms with Crippen molar-refractivity contribution in [2.45, 2.75) is 44.7 Å². The van der Waals surface area contributed by atoms with Crippen LogP contribution >= 0.6 is 0 Å². The topological polar surface area (TPSA) is 104 Å². The summed E-state index contributed by atoms with van der Waals surface area (Å²) in [6, 6.07) is 12.4. The van der Waals surface area contributed by atoms with Crippen LogP contribution in [0.1, 0.15) is 37.3 Å². The molecule has 7 rings (SSSR count). The third kappa shape index (κ3) is 4.81.